The largest absolute Gasteiger partial charge is 0.0880 e. The van der Waals surface area contributed by atoms with E-state index in [9.17, 15) is 0 Å². The molecule has 0 fully saturated rings. The van der Waals surface area contributed by atoms with Crippen molar-refractivity contribution in [3.8, 4) is 0 Å². The summed E-state index contributed by atoms with van der Waals surface area (Å²) in [5.74, 6) is 0. The normalized spacial score (nSPS) is 16.1. The summed E-state index contributed by atoms with van der Waals surface area (Å²) in [6.45, 7) is 4.00. The first-order valence-electron chi connectivity index (χ1n) is 4.34. The van der Waals surface area contributed by atoms with Crippen LogP contribution in [0.1, 0.15) is 33.1 Å². The van der Waals surface area contributed by atoms with Gasteiger partial charge in [0, 0.05) is 5.33 Å². The summed E-state index contributed by atoms with van der Waals surface area (Å²) >= 11 is 3.44. The highest BCUT2D eigenvalue weighted by Crippen LogP contribution is 2.13. The summed E-state index contributed by atoms with van der Waals surface area (Å²) in [6, 6.07) is 0. The first-order valence-corrected chi connectivity index (χ1v) is 5.46. The van der Waals surface area contributed by atoms with Crippen molar-refractivity contribution in [3.05, 3.63) is 23.8 Å². The van der Waals surface area contributed by atoms with Gasteiger partial charge in [-0.05, 0) is 19.3 Å². The number of hydrogen-bond donors (Lipinski definition) is 0. The minimum atomic E-state index is 1.04. The molecule has 0 aromatic carbocycles. The van der Waals surface area contributed by atoms with Gasteiger partial charge in [0.2, 0.25) is 0 Å². The van der Waals surface area contributed by atoms with Crippen molar-refractivity contribution < 1.29 is 0 Å². The molecule has 0 saturated heterocycles. The van der Waals surface area contributed by atoms with E-state index in [1.54, 1.807) is 0 Å². The summed E-state index contributed by atoms with van der Waals surface area (Å²) in [6.07, 6.45) is 10.4. The standard InChI is InChI=1S/C8H11Br.C2H6/c9-7-8-5-3-1-2-4-6-8;1-2/h1,3,5H,2,4,6-7H2;1-2H3. The summed E-state index contributed by atoms with van der Waals surface area (Å²) < 4.78 is 0. The number of hydrogen-bond acceptors (Lipinski definition) is 0. The van der Waals surface area contributed by atoms with Crippen LogP contribution in [0.2, 0.25) is 0 Å². The number of allylic oxidation sites excluding steroid dienone is 4. The number of rotatable bonds is 1. The quantitative estimate of drug-likeness (QED) is 0.580. The Hall–Kier alpha value is -0.0400. The molecule has 0 radical (unpaired) electrons. The molecular formula is C10H17Br. The first kappa shape index (κ1) is 11.0. The Bertz CT molecular complexity index is 134. The summed E-state index contributed by atoms with van der Waals surface area (Å²) in [7, 11) is 0. The molecule has 0 heterocycles. The predicted octanol–water partition coefficient (Wildman–Crippen LogP) is 4.07. The van der Waals surface area contributed by atoms with Crippen molar-refractivity contribution >= 4 is 15.9 Å². The molecule has 1 aliphatic carbocycles. The van der Waals surface area contributed by atoms with Gasteiger partial charge >= 0.3 is 0 Å². The van der Waals surface area contributed by atoms with Crippen molar-refractivity contribution in [2.24, 2.45) is 0 Å². The topological polar surface area (TPSA) is 0 Å². The lowest BCUT2D eigenvalue weighted by Gasteiger charge is -1.96. The Morgan fingerprint density at radius 3 is 2.82 bits per heavy atom. The van der Waals surface area contributed by atoms with E-state index in [-0.39, 0.29) is 0 Å². The Morgan fingerprint density at radius 2 is 2.18 bits per heavy atom. The molecule has 11 heavy (non-hydrogen) atoms. The highest BCUT2D eigenvalue weighted by atomic mass is 79.9. The fraction of sp³-hybridized carbons (Fsp3) is 0.600. The number of alkyl halides is 1. The van der Waals surface area contributed by atoms with Crippen LogP contribution in [-0.2, 0) is 0 Å². The second-order valence-electron chi connectivity index (χ2n) is 2.28. The predicted molar refractivity (Wildman–Crippen MR) is 56.2 cm³/mol. The fourth-order valence-corrected chi connectivity index (χ4v) is 1.41. The van der Waals surface area contributed by atoms with Gasteiger partial charge in [0.1, 0.15) is 0 Å². The Kier molecular flexibility index (Phi) is 8.03. The number of halogens is 1. The van der Waals surface area contributed by atoms with Crippen molar-refractivity contribution in [1.29, 1.82) is 0 Å². The monoisotopic (exact) mass is 216 g/mol. The molecular weight excluding hydrogens is 200 g/mol. The zero-order valence-electron chi connectivity index (χ0n) is 7.44. The zero-order chi connectivity index (χ0) is 8.53. The smallest absolute Gasteiger partial charge is 0.0244 e. The molecule has 0 aromatic heterocycles. The molecule has 0 nitrogen and oxygen atoms in total. The lowest BCUT2D eigenvalue weighted by molar-refractivity contribution is 0.844. The highest BCUT2D eigenvalue weighted by molar-refractivity contribution is 9.09. The van der Waals surface area contributed by atoms with E-state index in [2.05, 4.69) is 34.2 Å². The minimum Gasteiger partial charge on any atom is -0.0880 e. The van der Waals surface area contributed by atoms with Crippen molar-refractivity contribution in [2.75, 3.05) is 5.33 Å². The summed E-state index contributed by atoms with van der Waals surface area (Å²) in [5, 5.41) is 1.04. The molecule has 1 heteroatoms. The average molecular weight is 217 g/mol. The Balaban J connectivity index is 0.000000461. The van der Waals surface area contributed by atoms with Crippen LogP contribution in [0.15, 0.2) is 23.8 Å². The lowest BCUT2D eigenvalue weighted by Crippen LogP contribution is -1.81. The van der Waals surface area contributed by atoms with E-state index in [4.69, 9.17) is 0 Å². The van der Waals surface area contributed by atoms with E-state index in [1.165, 1.54) is 24.8 Å². The van der Waals surface area contributed by atoms with Gasteiger partial charge in [-0.25, -0.2) is 0 Å². The SMILES string of the molecule is BrCC1=CC=CCCC1.CC. The van der Waals surface area contributed by atoms with Crippen molar-refractivity contribution in [1.82, 2.24) is 0 Å². The third-order valence-electron chi connectivity index (χ3n) is 1.51. The van der Waals surface area contributed by atoms with Crippen molar-refractivity contribution in [2.45, 2.75) is 33.1 Å². The van der Waals surface area contributed by atoms with Gasteiger partial charge in [0.25, 0.3) is 0 Å². The van der Waals surface area contributed by atoms with Crippen LogP contribution in [0.25, 0.3) is 0 Å². The van der Waals surface area contributed by atoms with Crippen LogP contribution in [0, 0.1) is 0 Å². The molecule has 0 saturated carbocycles. The van der Waals surface area contributed by atoms with E-state index in [0.29, 0.717) is 0 Å². The van der Waals surface area contributed by atoms with Gasteiger partial charge in [0.15, 0.2) is 0 Å². The van der Waals surface area contributed by atoms with Gasteiger partial charge in [-0.3, -0.25) is 0 Å². The zero-order valence-corrected chi connectivity index (χ0v) is 9.02. The van der Waals surface area contributed by atoms with Crippen LogP contribution < -0.4 is 0 Å². The second-order valence-corrected chi connectivity index (χ2v) is 2.84. The van der Waals surface area contributed by atoms with E-state index >= 15 is 0 Å². The molecule has 0 atom stereocenters. The average Bonchev–Trinajstić information content (AvgIpc) is 2.35. The van der Waals surface area contributed by atoms with Gasteiger partial charge in [-0.1, -0.05) is 53.6 Å². The highest BCUT2D eigenvalue weighted by Gasteiger charge is 1.95. The van der Waals surface area contributed by atoms with Gasteiger partial charge in [0.05, 0.1) is 0 Å². The molecule has 0 spiro atoms. The van der Waals surface area contributed by atoms with Crippen LogP contribution in [0.3, 0.4) is 0 Å². The van der Waals surface area contributed by atoms with Gasteiger partial charge < -0.3 is 0 Å². The molecule has 0 bridgehead atoms. The minimum absolute atomic E-state index is 1.04. The Labute approximate surface area is 78.5 Å². The maximum atomic E-state index is 3.44. The third kappa shape index (κ3) is 5.25. The molecule has 0 aromatic rings. The third-order valence-corrected chi connectivity index (χ3v) is 2.23. The van der Waals surface area contributed by atoms with Gasteiger partial charge in [-0.2, -0.15) is 0 Å². The summed E-state index contributed by atoms with van der Waals surface area (Å²) in [5.41, 5.74) is 1.52. The maximum Gasteiger partial charge on any atom is 0.0244 e. The van der Waals surface area contributed by atoms with E-state index in [1.807, 2.05) is 13.8 Å². The molecule has 0 N–H and O–H groups in total. The first-order chi connectivity index (χ1) is 5.43. The second kappa shape index (κ2) is 8.06. The van der Waals surface area contributed by atoms with Crippen LogP contribution in [-0.4, -0.2) is 5.33 Å². The lowest BCUT2D eigenvalue weighted by atomic mass is 10.1. The van der Waals surface area contributed by atoms with E-state index in [0.717, 1.165) is 5.33 Å². The fourth-order valence-electron chi connectivity index (χ4n) is 0.942. The van der Waals surface area contributed by atoms with Crippen molar-refractivity contribution in [3.63, 3.8) is 0 Å². The Morgan fingerprint density at radius 1 is 1.45 bits per heavy atom. The maximum absolute atomic E-state index is 3.44. The van der Waals surface area contributed by atoms with Crippen LogP contribution >= 0.6 is 15.9 Å². The molecule has 64 valence electrons. The van der Waals surface area contributed by atoms with Gasteiger partial charge in [-0.15, -0.1) is 0 Å². The summed E-state index contributed by atoms with van der Waals surface area (Å²) in [4.78, 5) is 0. The van der Waals surface area contributed by atoms with Crippen LogP contribution in [0.4, 0.5) is 0 Å². The molecule has 0 aliphatic heterocycles. The molecule has 1 rings (SSSR count). The molecule has 1 aliphatic rings. The molecule has 0 unspecified atom stereocenters. The van der Waals surface area contributed by atoms with Crippen LogP contribution in [0.5, 0.6) is 0 Å². The van der Waals surface area contributed by atoms with E-state index < -0.39 is 0 Å². The molecule has 0 amide bonds.